The molecule has 1 amide bonds. The Bertz CT molecular complexity index is 575. The first-order valence-corrected chi connectivity index (χ1v) is 6.63. The molecule has 1 aromatic heterocycles. The molecule has 19 heavy (non-hydrogen) atoms. The summed E-state index contributed by atoms with van der Waals surface area (Å²) in [6.45, 7) is 2.10. The topological polar surface area (TPSA) is 54.3 Å². The van der Waals surface area contributed by atoms with E-state index < -0.39 is 0 Å². The van der Waals surface area contributed by atoms with Gasteiger partial charge in [0.2, 0.25) is 0 Å². The number of aliphatic hydroxyl groups excluding tert-OH is 1. The molecule has 1 heterocycles. The van der Waals surface area contributed by atoms with Crippen molar-refractivity contribution in [3.05, 3.63) is 36.0 Å². The molecule has 0 aliphatic heterocycles. The van der Waals surface area contributed by atoms with Crippen LogP contribution in [0.1, 0.15) is 30.1 Å². The van der Waals surface area contributed by atoms with Crippen molar-refractivity contribution in [2.24, 2.45) is 7.05 Å². The van der Waals surface area contributed by atoms with E-state index in [9.17, 15) is 4.79 Å². The van der Waals surface area contributed by atoms with E-state index >= 15 is 0 Å². The Morgan fingerprint density at radius 3 is 2.89 bits per heavy atom. The molecule has 2 N–H and O–H groups in total. The number of carbonyl (C=O) groups is 1. The highest BCUT2D eigenvalue weighted by Gasteiger charge is 2.14. The van der Waals surface area contributed by atoms with Gasteiger partial charge < -0.3 is 15.0 Å². The standard InChI is InChI=1S/C15H20N2O2/c1-3-11(8-10-18)16-15(19)13-5-4-6-14-12(13)7-9-17(14)2/h4-7,9,11,18H,3,8,10H2,1-2H3,(H,16,19). The van der Waals surface area contributed by atoms with Gasteiger partial charge in [0, 0.05) is 42.4 Å². The minimum atomic E-state index is -0.0721. The molecule has 2 rings (SSSR count). The van der Waals surface area contributed by atoms with Gasteiger partial charge in [-0.2, -0.15) is 0 Å². The van der Waals surface area contributed by atoms with Gasteiger partial charge in [-0.05, 0) is 31.0 Å². The van der Waals surface area contributed by atoms with Crippen LogP contribution in [0.4, 0.5) is 0 Å². The third-order valence-corrected chi connectivity index (χ3v) is 3.48. The Morgan fingerprint density at radius 2 is 2.21 bits per heavy atom. The third kappa shape index (κ3) is 2.79. The van der Waals surface area contributed by atoms with Crippen LogP contribution in [-0.2, 0) is 7.05 Å². The average Bonchev–Trinajstić information content (AvgIpc) is 2.80. The second-order valence-electron chi connectivity index (χ2n) is 4.76. The van der Waals surface area contributed by atoms with Crippen LogP contribution >= 0.6 is 0 Å². The maximum Gasteiger partial charge on any atom is 0.252 e. The summed E-state index contributed by atoms with van der Waals surface area (Å²) in [6, 6.07) is 7.71. The van der Waals surface area contributed by atoms with E-state index in [2.05, 4.69) is 5.32 Å². The van der Waals surface area contributed by atoms with Crippen molar-refractivity contribution in [1.82, 2.24) is 9.88 Å². The number of hydrogen-bond donors (Lipinski definition) is 2. The molecule has 4 heteroatoms. The summed E-state index contributed by atoms with van der Waals surface area (Å²) in [7, 11) is 1.96. The van der Waals surface area contributed by atoms with E-state index in [4.69, 9.17) is 5.11 Å². The zero-order chi connectivity index (χ0) is 13.8. The maximum atomic E-state index is 12.3. The molecule has 0 aliphatic rings. The van der Waals surface area contributed by atoms with E-state index in [-0.39, 0.29) is 18.6 Å². The van der Waals surface area contributed by atoms with Crippen LogP contribution in [0.3, 0.4) is 0 Å². The first kappa shape index (κ1) is 13.6. The number of amides is 1. The molecule has 1 aromatic carbocycles. The van der Waals surface area contributed by atoms with Crippen molar-refractivity contribution in [2.75, 3.05) is 6.61 Å². The number of aromatic nitrogens is 1. The van der Waals surface area contributed by atoms with Crippen molar-refractivity contribution < 1.29 is 9.90 Å². The Kier molecular flexibility index (Phi) is 4.22. The van der Waals surface area contributed by atoms with Crippen molar-refractivity contribution in [1.29, 1.82) is 0 Å². The molecule has 0 saturated heterocycles. The number of benzene rings is 1. The van der Waals surface area contributed by atoms with Gasteiger partial charge >= 0.3 is 0 Å². The van der Waals surface area contributed by atoms with Gasteiger partial charge in [0.05, 0.1) is 0 Å². The summed E-state index contributed by atoms with van der Waals surface area (Å²) in [5, 5.41) is 12.9. The van der Waals surface area contributed by atoms with Crippen LogP contribution in [0.25, 0.3) is 10.9 Å². The summed E-state index contributed by atoms with van der Waals surface area (Å²) < 4.78 is 2.00. The van der Waals surface area contributed by atoms with Gasteiger partial charge in [0.25, 0.3) is 5.91 Å². The Labute approximate surface area is 113 Å². The van der Waals surface area contributed by atoms with Gasteiger partial charge in [-0.25, -0.2) is 0 Å². The predicted molar refractivity (Wildman–Crippen MR) is 76.2 cm³/mol. The molecule has 1 unspecified atom stereocenters. The molecule has 0 aliphatic carbocycles. The quantitative estimate of drug-likeness (QED) is 0.864. The number of rotatable bonds is 5. The first-order chi connectivity index (χ1) is 9.17. The van der Waals surface area contributed by atoms with Crippen LogP contribution in [0.2, 0.25) is 0 Å². The lowest BCUT2D eigenvalue weighted by Gasteiger charge is -2.16. The minimum absolute atomic E-state index is 0.0245. The van der Waals surface area contributed by atoms with Crippen LogP contribution in [-0.4, -0.2) is 28.2 Å². The van der Waals surface area contributed by atoms with Gasteiger partial charge in [-0.3, -0.25) is 4.79 Å². The maximum absolute atomic E-state index is 12.3. The van der Waals surface area contributed by atoms with Crippen molar-refractivity contribution in [3.63, 3.8) is 0 Å². The average molecular weight is 260 g/mol. The van der Waals surface area contributed by atoms with Crippen LogP contribution < -0.4 is 5.32 Å². The largest absolute Gasteiger partial charge is 0.396 e. The van der Waals surface area contributed by atoms with Crippen LogP contribution in [0.5, 0.6) is 0 Å². The fourth-order valence-corrected chi connectivity index (χ4v) is 2.30. The molecular formula is C15H20N2O2. The molecule has 1 atom stereocenters. The minimum Gasteiger partial charge on any atom is -0.396 e. The number of aliphatic hydroxyl groups is 1. The Balaban J connectivity index is 2.26. The molecule has 0 saturated carbocycles. The lowest BCUT2D eigenvalue weighted by molar-refractivity contribution is 0.0931. The van der Waals surface area contributed by atoms with Crippen LogP contribution in [0.15, 0.2) is 30.5 Å². The molecule has 102 valence electrons. The van der Waals surface area contributed by atoms with Crippen molar-refractivity contribution in [3.8, 4) is 0 Å². The van der Waals surface area contributed by atoms with Gasteiger partial charge in [-0.15, -0.1) is 0 Å². The molecule has 0 spiro atoms. The van der Waals surface area contributed by atoms with E-state index in [1.54, 1.807) is 0 Å². The second kappa shape index (κ2) is 5.89. The molecule has 4 nitrogen and oxygen atoms in total. The lowest BCUT2D eigenvalue weighted by Crippen LogP contribution is -2.35. The fraction of sp³-hybridized carbons (Fsp3) is 0.400. The Hall–Kier alpha value is -1.81. The highest BCUT2D eigenvalue weighted by Crippen LogP contribution is 2.19. The summed E-state index contributed by atoms with van der Waals surface area (Å²) >= 11 is 0. The number of carbonyl (C=O) groups excluding carboxylic acids is 1. The predicted octanol–water partition coefficient (Wildman–Crippen LogP) is 2.07. The molecule has 0 bridgehead atoms. The smallest absolute Gasteiger partial charge is 0.252 e. The first-order valence-electron chi connectivity index (χ1n) is 6.63. The van der Waals surface area contributed by atoms with E-state index in [0.717, 1.165) is 17.3 Å². The van der Waals surface area contributed by atoms with E-state index in [1.165, 1.54) is 0 Å². The van der Waals surface area contributed by atoms with E-state index in [0.29, 0.717) is 12.0 Å². The van der Waals surface area contributed by atoms with Crippen molar-refractivity contribution >= 4 is 16.8 Å². The monoisotopic (exact) mass is 260 g/mol. The number of aryl methyl sites for hydroxylation is 1. The highest BCUT2D eigenvalue weighted by molar-refractivity contribution is 6.06. The number of nitrogens with one attached hydrogen (secondary N) is 1. The summed E-state index contributed by atoms with van der Waals surface area (Å²) in [4.78, 5) is 12.3. The van der Waals surface area contributed by atoms with Gasteiger partial charge in [-0.1, -0.05) is 13.0 Å². The van der Waals surface area contributed by atoms with Crippen molar-refractivity contribution in [2.45, 2.75) is 25.8 Å². The Morgan fingerprint density at radius 1 is 1.42 bits per heavy atom. The molecular weight excluding hydrogens is 240 g/mol. The molecule has 2 aromatic rings. The summed E-state index contributed by atoms with van der Waals surface area (Å²) in [6.07, 6.45) is 3.36. The molecule has 0 fully saturated rings. The normalized spacial score (nSPS) is 12.6. The van der Waals surface area contributed by atoms with Gasteiger partial charge in [0.15, 0.2) is 0 Å². The van der Waals surface area contributed by atoms with Crippen LogP contribution in [0, 0.1) is 0 Å². The number of hydrogen-bond acceptors (Lipinski definition) is 2. The summed E-state index contributed by atoms with van der Waals surface area (Å²) in [5.41, 5.74) is 1.73. The lowest BCUT2D eigenvalue weighted by atomic mass is 10.1. The zero-order valence-electron chi connectivity index (χ0n) is 11.4. The SMILES string of the molecule is CCC(CCO)NC(=O)c1cccc2c1ccn2C. The second-order valence-corrected chi connectivity index (χ2v) is 4.76. The highest BCUT2D eigenvalue weighted by atomic mass is 16.3. The fourth-order valence-electron chi connectivity index (χ4n) is 2.30. The number of nitrogens with zero attached hydrogens (tertiary/aromatic N) is 1. The number of fused-ring (bicyclic) bond motifs is 1. The van der Waals surface area contributed by atoms with E-state index in [1.807, 2.05) is 49.0 Å². The zero-order valence-corrected chi connectivity index (χ0v) is 11.4. The third-order valence-electron chi connectivity index (χ3n) is 3.48. The molecule has 0 radical (unpaired) electrons. The summed E-state index contributed by atoms with van der Waals surface area (Å²) in [5.74, 6) is -0.0721. The van der Waals surface area contributed by atoms with Gasteiger partial charge in [0.1, 0.15) is 0 Å².